The van der Waals surface area contributed by atoms with Crippen LogP contribution in [-0.2, 0) is 0 Å². The van der Waals surface area contributed by atoms with Crippen molar-refractivity contribution < 1.29 is 4.74 Å². The molecule has 1 unspecified atom stereocenters. The topological polar surface area (TPSA) is 9.23 Å². The number of benzene rings is 1. The van der Waals surface area contributed by atoms with Crippen LogP contribution in [0.3, 0.4) is 0 Å². The highest BCUT2D eigenvalue weighted by atomic mass is 31.0. The lowest BCUT2D eigenvalue weighted by Gasteiger charge is -2.03. The molecule has 0 amide bonds. The van der Waals surface area contributed by atoms with E-state index in [0.717, 1.165) is 11.1 Å². The standard InChI is InChI=1S/C8H11OP/c1-6-3-4-7(9-2)8(10)5-6/h3-5H,10H2,1-2H3. The average Bonchev–Trinajstić information content (AvgIpc) is 1.88. The van der Waals surface area contributed by atoms with Crippen molar-refractivity contribution in [3.05, 3.63) is 23.8 Å². The van der Waals surface area contributed by atoms with E-state index in [4.69, 9.17) is 4.74 Å². The third kappa shape index (κ3) is 1.48. The van der Waals surface area contributed by atoms with Crippen LogP contribution in [0, 0.1) is 6.92 Å². The predicted molar refractivity (Wildman–Crippen MR) is 47.1 cm³/mol. The van der Waals surface area contributed by atoms with Crippen molar-refractivity contribution in [2.24, 2.45) is 0 Å². The summed E-state index contributed by atoms with van der Waals surface area (Å²) in [6.07, 6.45) is 0. The molecule has 0 spiro atoms. The van der Waals surface area contributed by atoms with Crippen molar-refractivity contribution in [2.75, 3.05) is 7.11 Å². The molecule has 1 nitrogen and oxygen atoms in total. The summed E-state index contributed by atoms with van der Waals surface area (Å²) >= 11 is 0. The molecule has 0 aliphatic rings. The Hall–Kier alpha value is -0.550. The summed E-state index contributed by atoms with van der Waals surface area (Å²) in [4.78, 5) is 0. The van der Waals surface area contributed by atoms with E-state index in [0.29, 0.717) is 0 Å². The maximum atomic E-state index is 5.08. The fourth-order valence-electron chi connectivity index (χ4n) is 0.854. The van der Waals surface area contributed by atoms with E-state index in [1.54, 1.807) is 7.11 Å². The minimum atomic E-state index is 0.926. The van der Waals surface area contributed by atoms with Gasteiger partial charge in [0.05, 0.1) is 7.11 Å². The number of aryl methyl sites for hydroxylation is 1. The van der Waals surface area contributed by atoms with Crippen LogP contribution in [0.5, 0.6) is 5.75 Å². The molecular formula is C8H11OP. The normalized spacial score (nSPS) is 9.50. The van der Waals surface area contributed by atoms with Crippen LogP contribution in [0.1, 0.15) is 5.56 Å². The van der Waals surface area contributed by atoms with E-state index in [-0.39, 0.29) is 0 Å². The van der Waals surface area contributed by atoms with Crippen molar-refractivity contribution in [3.8, 4) is 5.75 Å². The van der Waals surface area contributed by atoms with Crippen molar-refractivity contribution in [1.29, 1.82) is 0 Å². The number of methoxy groups -OCH3 is 1. The quantitative estimate of drug-likeness (QED) is 0.557. The highest BCUT2D eigenvalue weighted by Gasteiger charge is 1.94. The molecule has 0 aliphatic carbocycles. The molecule has 1 atom stereocenters. The zero-order valence-electron chi connectivity index (χ0n) is 6.22. The van der Waals surface area contributed by atoms with E-state index in [1.807, 2.05) is 12.1 Å². The molecule has 0 aliphatic heterocycles. The molecule has 0 heterocycles. The van der Waals surface area contributed by atoms with Crippen molar-refractivity contribution >= 4 is 14.5 Å². The van der Waals surface area contributed by atoms with Gasteiger partial charge in [-0.3, -0.25) is 0 Å². The smallest absolute Gasteiger partial charge is 0.125 e. The molecule has 0 fully saturated rings. The van der Waals surface area contributed by atoms with E-state index >= 15 is 0 Å². The second-order valence-corrected chi connectivity index (χ2v) is 2.87. The van der Waals surface area contributed by atoms with Crippen LogP contribution in [0.15, 0.2) is 18.2 Å². The molecule has 0 N–H and O–H groups in total. The van der Waals surface area contributed by atoms with Crippen LogP contribution in [0.2, 0.25) is 0 Å². The van der Waals surface area contributed by atoms with E-state index in [1.165, 1.54) is 5.56 Å². The molecule has 1 aromatic rings. The fourth-order valence-corrected chi connectivity index (χ4v) is 1.33. The number of ether oxygens (including phenoxy) is 1. The predicted octanol–water partition coefficient (Wildman–Crippen LogP) is 1.50. The van der Waals surface area contributed by atoms with Gasteiger partial charge in [-0.25, -0.2) is 0 Å². The van der Waals surface area contributed by atoms with E-state index in [2.05, 4.69) is 22.2 Å². The Balaban J connectivity index is 3.07. The van der Waals surface area contributed by atoms with Gasteiger partial charge in [-0.15, -0.1) is 9.24 Å². The Labute approximate surface area is 63.6 Å². The van der Waals surface area contributed by atoms with E-state index in [9.17, 15) is 0 Å². The highest BCUT2D eigenvalue weighted by molar-refractivity contribution is 7.27. The van der Waals surface area contributed by atoms with Crippen molar-refractivity contribution in [3.63, 3.8) is 0 Å². The number of hydrogen-bond acceptors (Lipinski definition) is 1. The van der Waals surface area contributed by atoms with Gasteiger partial charge in [0.15, 0.2) is 0 Å². The Morgan fingerprint density at radius 2 is 2.10 bits per heavy atom. The molecule has 0 saturated heterocycles. The average molecular weight is 154 g/mol. The molecule has 0 saturated carbocycles. The Morgan fingerprint density at radius 1 is 1.40 bits per heavy atom. The summed E-state index contributed by atoms with van der Waals surface area (Å²) in [6.45, 7) is 2.06. The summed E-state index contributed by atoms with van der Waals surface area (Å²) in [5.74, 6) is 0.926. The first-order chi connectivity index (χ1) is 4.74. The lowest BCUT2D eigenvalue weighted by Crippen LogP contribution is -1.97. The first kappa shape index (κ1) is 7.56. The summed E-state index contributed by atoms with van der Waals surface area (Å²) < 4.78 is 5.08. The lowest BCUT2D eigenvalue weighted by atomic mass is 10.2. The van der Waals surface area contributed by atoms with Gasteiger partial charge >= 0.3 is 0 Å². The van der Waals surface area contributed by atoms with Gasteiger partial charge in [0, 0.05) is 5.30 Å². The Kier molecular flexibility index (Phi) is 2.29. The van der Waals surface area contributed by atoms with Crippen LogP contribution in [0.25, 0.3) is 0 Å². The van der Waals surface area contributed by atoms with Crippen LogP contribution >= 0.6 is 9.24 Å². The van der Waals surface area contributed by atoms with Crippen LogP contribution in [-0.4, -0.2) is 7.11 Å². The summed E-state index contributed by atoms with van der Waals surface area (Å²) in [5, 5.41) is 1.11. The van der Waals surface area contributed by atoms with Crippen LogP contribution in [0.4, 0.5) is 0 Å². The minimum absolute atomic E-state index is 0.926. The van der Waals surface area contributed by atoms with Gasteiger partial charge in [0.1, 0.15) is 5.75 Å². The monoisotopic (exact) mass is 154 g/mol. The van der Waals surface area contributed by atoms with Gasteiger partial charge in [0.25, 0.3) is 0 Å². The lowest BCUT2D eigenvalue weighted by molar-refractivity contribution is 0.418. The maximum Gasteiger partial charge on any atom is 0.125 e. The van der Waals surface area contributed by atoms with Crippen molar-refractivity contribution in [2.45, 2.75) is 6.92 Å². The largest absolute Gasteiger partial charge is 0.496 e. The summed E-state index contributed by atoms with van der Waals surface area (Å²) in [6, 6.07) is 6.08. The van der Waals surface area contributed by atoms with Gasteiger partial charge < -0.3 is 4.74 Å². The molecule has 1 rings (SSSR count). The molecule has 0 radical (unpaired) electrons. The Morgan fingerprint density at radius 3 is 2.60 bits per heavy atom. The molecule has 10 heavy (non-hydrogen) atoms. The molecule has 0 aromatic heterocycles. The highest BCUT2D eigenvalue weighted by Crippen LogP contribution is 2.10. The van der Waals surface area contributed by atoms with E-state index < -0.39 is 0 Å². The zero-order chi connectivity index (χ0) is 7.56. The van der Waals surface area contributed by atoms with Gasteiger partial charge in [0.2, 0.25) is 0 Å². The van der Waals surface area contributed by atoms with Crippen LogP contribution < -0.4 is 10.0 Å². The molecule has 54 valence electrons. The van der Waals surface area contributed by atoms with Crippen molar-refractivity contribution in [1.82, 2.24) is 0 Å². The SMILES string of the molecule is COc1ccc(C)cc1P. The number of rotatable bonds is 1. The third-order valence-electron chi connectivity index (χ3n) is 1.39. The summed E-state index contributed by atoms with van der Waals surface area (Å²) in [5.41, 5.74) is 1.26. The zero-order valence-corrected chi connectivity index (χ0v) is 7.37. The first-order valence-corrected chi connectivity index (χ1v) is 3.72. The minimum Gasteiger partial charge on any atom is -0.496 e. The maximum absolute atomic E-state index is 5.08. The first-order valence-electron chi connectivity index (χ1n) is 3.14. The molecular weight excluding hydrogens is 143 g/mol. The number of hydrogen-bond donors (Lipinski definition) is 0. The van der Waals surface area contributed by atoms with Gasteiger partial charge in [-0.1, -0.05) is 11.6 Å². The molecule has 0 bridgehead atoms. The van der Waals surface area contributed by atoms with Gasteiger partial charge in [-0.05, 0) is 19.1 Å². The second-order valence-electron chi connectivity index (χ2n) is 2.25. The Bertz CT molecular complexity index is 233. The summed E-state index contributed by atoms with van der Waals surface area (Å²) in [7, 11) is 4.32. The second kappa shape index (κ2) is 3.03. The third-order valence-corrected chi connectivity index (χ3v) is 1.84. The van der Waals surface area contributed by atoms with Gasteiger partial charge in [-0.2, -0.15) is 0 Å². The fraction of sp³-hybridized carbons (Fsp3) is 0.250. The molecule has 2 heteroatoms. The molecule has 1 aromatic carbocycles.